The lowest BCUT2D eigenvalue weighted by Gasteiger charge is -2.46. The molecule has 0 unspecified atom stereocenters. The van der Waals surface area contributed by atoms with Crippen LogP contribution in [0.2, 0.25) is 0 Å². The highest BCUT2D eigenvalue weighted by Crippen LogP contribution is 2.57. The van der Waals surface area contributed by atoms with Crippen molar-refractivity contribution in [2.24, 2.45) is 0 Å². The van der Waals surface area contributed by atoms with Crippen LogP contribution in [0.3, 0.4) is 0 Å². The van der Waals surface area contributed by atoms with E-state index < -0.39 is 0 Å². The maximum Gasteiger partial charge on any atom is 0.252 e. The number of furan rings is 1. The average Bonchev–Trinajstić information content (AvgIpc) is 0.839. The fraction of sp³-hybridized carbons (Fsp3) is 0.0930. The van der Waals surface area contributed by atoms with Crippen molar-refractivity contribution in [3.05, 3.63) is 284 Å². The van der Waals surface area contributed by atoms with E-state index in [1.165, 1.54) is 101 Å². The van der Waals surface area contributed by atoms with Crippen molar-refractivity contribution in [1.82, 2.24) is 0 Å². The third kappa shape index (κ3) is 8.54. The predicted octanol–water partition coefficient (Wildman–Crippen LogP) is 23.3. The Morgan fingerprint density at radius 3 is 1.11 bits per heavy atom. The number of nitrogens with zero attached hydrogens (tertiary/aromatic N) is 2. The fourth-order valence-electron chi connectivity index (χ4n) is 15.0. The van der Waals surface area contributed by atoms with Gasteiger partial charge in [-0.1, -0.05) is 236 Å². The molecule has 0 saturated heterocycles. The first-order valence-corrected chi connectivity index (χ1v) is 33.7. The van der Waals surface area contributed by atoms with Crippen LogP contribution in [0.15, 0.2) is 277 Å². The number of benzene rings is 13. The average molecular weight is 1220 g/mol. The lowest BCUT2D eigenvalue weighted by Crippen LogP contribution is -2.61. The van der Waals surface area contributed by atoms with Gasteiger partial charge in [0.05, 0.1) is 11.4 Å². The second kappa shape index (κ2) is 20.6. The molecule has 3 aromatic heterocycles. The van der Waals surface area contributed by atoms with Crippen molar-refractivity contribution in [2.75, 3.05) is 9.80 Å². The first kappa shape index (κ1) is 54.7. The highest BCUT2D eigenvalue weighted by molar-refractivity contribution is 7.26. The van der Waals surface area contributed by atoms with Crippen LogP contribution in [0, 0.1) is 0 Å². The molecule has 0 bridgehead atoms. The molecule has 438 valence electrons. The number of rotatable bonds is 7. The molecule has 0 N–H and O–H groups in total. The number of anilines is 6. The van der Waals surface area contributed by atoms with E-state index >= 15 is 0 Å². The Hall–Kier alpha value is -10.2. The van der Waals surface area contributed by atoms with Gasteiger partial charge < -0.3 is 14.2 Å². The summed E-state index contributed by atoms with van der Waals surface area (Å²) in [6.07, 6.45) is 0. The van der Waals surface area contributed by atoms with E-state index in [1.807, 2.05) is 22.7 Å². The summed E-state index contributed by atoms with van der Waals surface area (Å²) in [5, 5.41) is 7.25. The summed E-state index contributed by atoms with van der Waals surface area (Å²) in [5.74, 6) is 0. The van der Waals surface area contributed by atoms with Crippen molar-refractivity contribution in [3.63, 3.8) is 0 Å². The van der Waals surface area contributed by atoms with Crippen molar-refractivity contribution < 1.29 is 4.42 Å². The third-order valence-corrected chi connectivity index (χ3v) is 21.8. The Balaban J connectivity index is 1.08. The van der Waals surface area contributed by atoms with Crippen LogP contribution in [-0.4, -0.2) is 6.71 Å². The number of hydrogen-bond acceptors (Lipinski definition) is 5. The van der Waals surface area contributed by atoms with Gasteiger partial charge in [0.1, 0.15) is 11.2 Å². The summed E-state index contributed by atoms with van der Waals surface area (Å²) in [5.41, 5.74) is 26.0. The smallest absolute Gasteiger partial charge is 0.252 e. The Morgan fingerprint density at radius 2 is 0.685 bits per heavy atom. The first-order valence-electron chi connectivity index (χ1n) is 32.1. The van der Waals surface area contributed by atoms with Crippen LogP contribution in [0.25, 0.3) is 118 Å². The number of fused-ring (bicyclic) bond motifs is 13. The second-order valence-electron chi connectivity index (χ2n) is 27.1. The van der Waals surface area contributed by atoms with E-state index in [2.05, 4.69) is 324 Å². The van der Waals surface area contributed by atoms with Crippen LogP contribution in [-0.2, 0) is 10.8 Å². The van der Waals surface area contributed by atoms with Crippen molar-refractivity contribution >= 4 is 142 Å². The molecule has 3 nitrogen and oxygen atoms in total. The van der Waals surface area contributed by atoms with E-state index in [1.54, 1.807) is 0 Å². The van der Waals surface area contributed by atoms with E-state index in [4.69, 9.17) is 4.42 Å². The second-order valence-corrected chi connectivity index (χ2v) is 29.3. The number of hydrogen-bond donors (Lipinski definition) is 0. The topological polar surface area (TPSA) is 19.6 Å². The molecule has 0 saturated carbocycles. The summed E-state index contributed by atoms with van der Waals surface area (Å²) in [6.45, 7) is 13.9. The first-order chi connectivity index (χ1) is 44.9. The minimum absolute atomic E-state index is 0.180. The van der Waals surface area contributed by atoms with Crippen LogP contribution in [0.4, 0.5) is 34.1 Å². The highest BCUT2D eigenvalue weighted by Gasteiger charge is 2.47. The quantitative estimate of drug-likeness (QED) is 0.148. The predicted molar refractivity (Wildman–Crippen MR) is 398 cm³/mol. The SMILES string of the molecule is CC(C)(C)c1cc(-c2ccccc2)c(N2c3cc4c(cc3B3c5cc6sc7ccccc7c6cc5N(c5c(-c6ccccc6)cc(C(C)(C)C)cc5-c5ccccc5)c5cc(-c6cccc7c6oc6ccccc67)cc2c53)sc2ccccc24)c(-c2ccccc2)c1. The van der Waals surface area contributed by atoms with Crippen LogP contribution in [0.1, 0.15) is 52.7 Å². The monoisotopic (exact) mass is 1210 g/mol. The van der Waals surface area contributed by atoms with Gasteiger partial charge in [-0.05, 0) is 145 Å². The Labute approximate surface area is 544 Å². The van der Waals surface area contributed by atoms with Gasteiger partial charge in [-0.3, -0.25) is 0 Å². The van der Waals surface area contributed by atoms with Crippen molar-refractivity contribution in [2.45, 2.75) is 52.4 Å². The van der Waals surface area contributed by atoms with E-state index in [0.717, 1.165) is 78.1 Å². The molecule has 92 heavy (non-hydrogen) atoms. The molecule has 13 aromatic carbocycles. The molecule has 6 heteroatoms. The number of thiophene rings is 2. The lowest BCUT2D eigenvalue weighted by atomic mass is 9.33. The van der Waals surface area contributed by atoms with Gasteiger partial charge in [0.25, 0.3) is 6.71 Å². The standard InChI is InChI=1S/C86H63BN2OS2/c1-85(2,3)57-44-64(52-26-11-7-12-27-52)82(65(45-57)53-28-13-8-14-29-53)88-72-48-68-61-35-20-23-40-77(61)91-79(68)50-70(72)87-71-51-80-69(62-36-21-24-41-78(62)92-80)49-73(71)89(75-43-56(42-74(88)81(75)87)59-37-25-38-63-60-34-19-22-39-76(60)90-84(59)63)83-66(54-30-15-9-16-31-54)46-58(86(4,5)6)47-67(83)55-32-17-10-18-33-55/h7-51H,1-6H3. The van der Waals surface area contributed by atoms with E-state index in [-0.39, 0.29) is 17.5 Å². The Morgan fingerprint density at radius 1 is 0.304 bits per heavy atom. The van der Waals surface area contributed by atoms with Gasteiger partial charge in [-0.25, -0.2) is 0 Å². The van der Waals surface area contributed by atoms with Gasteiger partial charge in [-0.15, -0.1) is 22.7 Å². The summed E-state index contributed by atoms with van der Waals surface area (Å²) in [6, 6.07) is 103. The van der Waals surface area contributed by atoms with Gasteiger partial charge >= 0.3 is 0 Å². The summed E-state index contributed by atoms with van der Waals surface area (Å²) >= 11 is 3.81. The summed E-state index contributed by atoms with van der Waals surface area (Å²) < 4.78 is 12.3. The zero-order valence-electron chi connectivity index (χ0n) is 52.2. The zero-order chi connectivity index (χ0) is 61.7. The number of para-hydroxylation sites is 2. The Bertz CT molecular complexity index is 5260. The largest absolute Gasteiger partial charge is 0.455 e. The van der Waals surface area contributed by atoms with Gasteiger partial charge in [0, 0.05) is 102 Å². The minimum atomic E-state index is -0.207. The molecule has 0 aliphatic carbocycles. The molecule has 0 amide bonds. The van der Waals surface area contributed by atoms with Crippen molar-refractivity contribution in [1.29, 1.82) is 0 Å². The molecule has 16 aromatic rings. The van der Waals surface area contributed by atoms with E-state index in [0.29, 0.717) is 0 Å². The zero-order valence-corrected chi connectivity index (χ0v) is 53.8. The third-order valence-electron chi connectivity index (χ3n) is 19.5. The van der Waals surface area contributed by atoms with Gasteiger partial charge in [0.2, 0.25) is 0 Å². The molecule has 0 fully saturated rings. The lowest BCUT2D eigenvalue weighted by molar-refractivity contribution is 0.590. The van der Waals surface area contributed by atoms with Crippen LogP contribution < -0.4 is 26.2 Å². The molecule has 0 atom stereocenters. The van der Waals surface area contributed by atoms with Crippen LogP contribution in [0.5, 0.6) is 0 Å². The Kier molecular flexibility index (Phi) is 12.3. The van der Waals surface area contributed by atoms with E-state index in [9.17, 15) is 0 Å². The normalized spacial score (nSPS) is 13.0. The molecular weight excluding hydrogens is 1150 g/mol. The molecule has 5 heterocycles. The van der Waals surface area contributed by atoms with Gasteiger partial charge in [0.15, 0.2) is 0 Å². The molecule has 0 spiro atoms. The summed E-state index contributed by atoms with van der Waals surface area (Å²) in [7, 11) is 0. The van der Waals surface area contributed by atoms with Gasteiger partial charge in [-0.2, -0.15) is 0 Å². The maximum absolute atomic E-state index is 7.16. The molecule has 2 aliphatic heterocycles. The maximum atomic E-state index is 7.16. The fourth-order valence-corrected chi connectivity index (χ4v) is 17.3. The minimum Gasteiger partial charge on any atom is -0.455 e. The molecule has 0 radical (unpaired) electrons. The van der Waals surface area contributed by atoms with Crippen LogP contribution >= 0.6 is 22.7 Å². The molecular formula is C86H63BN2OS2. The molecule has 18 rings (SSSR count). The molecule has 2 aliphatic rings. The van der Waals surface area contributed by atoms with Crippen molar-refractivity contribution in [3.8, 4) is 55.6 Å². The summed E-state index contributed by atoms with van der Waals surface area (Å²) in [4.78, 5) is 5.44. The highest BCUT2D eigenvalue weighted by atomic mass is 32.1.